The summed E-state index contributed by atoms with van der Waals surface area (Å²) in [6, 6.07) is 8.89. The summed E-state index contributed by atoms with van der Waals surface area (Å²) in [5.74, 6) is 1.57. The molecule has 0 spiro atoms. The van der Waals surface area contributed by atoms with Crippen LogP contribution in [0.2, 0.25) is 0 Å². The average molecular weight is 213 g/mol. The van der Waals surface area contributed by atoms with E-state index in [0.717, 1.165) is 11.8 Å². The molecule has 0 saturated heterocycles. The van der Waals surface area contributed by atoms with Crippen LogP contribution in [-0.4, -0.2) is 0 Å². The molecular formula is C15H19N. The van der Waals surface area contributed by atoms with Crippen LogP contribution in [0.15, 0.2) is 18.2 Å². The van der Waals surface area contributed by atoms with Gasteiger partial charge in [0.25, 0.3) is 0 Å². The van der Waals surface area contributed by atoms with Crippen molar-refractivity contribution in [1.29, 1.82) is 5.26 Å². The molecule has 16 heavy (non-hydrogen) atoms. The van der Waals surface area contributed by atoms with Crippen molar-refractivity contribution in [3.8, 4) is 6.07 Å². The highest BCUT2D eigenvalue weighted by Crippen LogP contribution is 2.33. The maximum Gasteiger partial charge on any atom is 0.0700 e. The third kappa shape index (κ3) is 1.97. The molecule has 1 aromatic rings. The van der Waals surface area contributed by atoms with Crippen LogP contribution < -0.4 is 0 Å². The monoisotopic (exact) mass is 213 g/mol. The summed E-state index contributed by atoms with van der Waals surface area (Å²) in [4.78, 5) is 0. The average Bonchev–Trinajstić information content (AvgIpc) is 2.70. The zero-order valence-electron chi connectivity index (χ0n) is 10.3. The Labute approximate surface area is 98.1 Å². The van der Waals surface area contributed by atoms with Crippen molar-refractivity contribution < 1.29 is 0 Å². The molecule has 0 saturated carbocycles. The second kappa shape index (κ2) is 4.29. The standard InChI is InChI=1S/C15H19N/c1-10(2)14-7-13-5-4-12(11(3)9-16)6-15(13)8-14/h4-6,10-11,14H,7-8H2,1-3H3. The van der Waals surface area contributed by atoms with Gasteiger partial charge < -0.3 is 0 Å². The molecule has 0 N–H and O–H groups in total. The van der Waals surface area contributed by atoms with Crippen LogP contribution in [0.25, 0.3) is 0 Å². The number of nitrogens with zero attached hydrogens (tertiary/aromatic N) is 1. The molecule has 1 aromatic carbocycles. The lowest BCUT2D eigenvalue weighted by Crippen LogP contribution is -2.07. The number of hydrogen-bond acceptors (Lipinski definition) is 1. The van der Waals surface area contributed by atoms with Crippen LogP contribution in [0.1, 0.15) is 43.4 Å². The Hall–Kier alpha value is -1.29. The molecule has 2 rings (SSSR count). The fourth-order valence-electron chi connectivity index (χ4n) is 2.49. The van der Waals surface area contributed by atoms with Crippen molar-refractivity contribution in [3.05, 3.63) is 34.9 Å². The lowest BCUT2D eigenvalue weighted by atomic mass is 9.93. The van der Waals surface area contributed by atoms with Crippen molar-refractivity contribution in [3.63, 3.8) is 0 Å². The smallest absolute Gasteiger partial charge is 0.0700 e. The molecule has 2 unspecified atom stereocenters. The Bertz CT molecular complexity index is 426. The summed E-state index contributed by atoms with van der Waals surface area (Å²) in [6.45, 7) is 6.57. The van der Waals surface area contributed by atoms with Gasteiger partial charge in [0.15, 0.2) is 0 Å². The van der Waals surface area contributed by atoms with E-state index in [9.17, 15) is 0 Å². The first-order valence-corrected chi connectivity index (χ1v) is 6.13. The first-order valence-electron chi connectivity index (χ1n) is 6.13. The Morgan fingerprint density at radius 1 is 1.19 bits per heavy atom. The zero-order chi connectivity index (χ0) is 11.7. The van der Waals surface area contributed by atoms with Gasteiger partial charge >= 0.3 is 0 Å². The highest BCUT2D eigenvalue weighted by Gasteiger charge is 2.24. The van der Waals surface area contributed by atoms with Crippen LogP contribution in [0.4, 0.5) is 0 Å². The molecule has 0 heterocycles. The van der Waals surface area contributed by atoms with Crippen LogP contribution in [0.5, 0.6) is 0 Å². The predicted molar refractivity (Wildman–Crippen MR) is 66.2 cm³/mol. The fraction of sp³-hybridized carbons (Fsp3) is 0.533. The zero-order valence-corrected chi connectivity index (χ0v) is 10.3. The maximum absolute atomic E-state index is 8.93. The van der Waals surface area contributed by atoms with Gasteiger partial charge in [0.2, 0.25) is 0 Å². The second-order valence-electron chi connectivity index (χ2n) is 5.29. The molecule has 0 bridgehead atoms. The van der Waals surface area contributed by atoms with Crippen LogP contribution in [0, 0.1) is 23.2 Å². The molecule has 2 atom stereocenters. The van der Waals surface area contributed by atoms with E-state index in [-0.39, 0.29) is 5.92 Å². The third-order valence-corrected chi connectivity index (χ3v) is 3.83. The van der Waals surface area contributed by atoms with Crippen LogP contribution >= 0.6 is 0 Å². The topological polar surface area (TPSA) is 23.8 Å². The van der Waals surface area contributed by atoms with E-state index in [1.807, 2.05) is 6.92 Å². The van der Waals surface area contributed by atoms with Crippen molar-refractivity contribution >= 4 is 0 Å². The van der Waals surface area contributed by atoms with E-state index >= 15 is 0 Å². The van der Waals surface area contributed by atoms with Gasteiger partial charge in [0.1, 0.15) is 0 Å². The molecule has 0 aromatic heterocycles. The molecule has 1 aliphatic carbocycles. The van der Waals surface area contributed by atoms with E-state index in [4.69, 9.17) is 5.26 Å². The van der Waals surface area contributed by atoms with Gasteiger partial charge in [-0.05, 0) is 48.3 Å². The highest BCUT2D eigenvalue weighted by molar-refractivity contribution is 5.38. The molecule has 0 aliphatic heterocycles. The molecule has 1 nitrogen and oxygen atoms in total. The van der Waals surface area contributed by atoms with Crippen LogP contribution in [0.3, 0.4) is 0 Å². The summed E-state index contributed by atoms with van der Waals surface area (Å²) in [5, 5.41) is 8.93. The summed E-state index contributed by atoms with van der Waals surface area (Å²) in [6.07, 6.45) is 2.41. The largest absolute Gasteiger partial charge is 0.198 e. The van der Waals surface area contributed by atoms with E-state index < -0.39 is 0 Å². The summed E-state index contributed by atoms with van der Waals surface area (Å²) in [7, 11) is 0. The molecule has 1 heteroatoms. The van der Waals surface area contributed by atoms with Gasteiger partial charge in [-0.2, -0.15) is 5.26 Å². The molecule has 84 valence electrons. The maximum atomic E-state index is 8.93. The first-order chi connectivity index (χ1) is 7.61. The van der Waals surface area contributed by atoms with Gasteiger partial charge in [0, 0.05) is 0 Å². The van der Waals surface area contributed by atoms with Crippen molar-refractivity contribution in [2.75, 3.05) is 0 Å². The van der Waals surface area contributed by atoms with Gasteiger partial charge in [-0.15, -0.1) is 0 Å². The van der Waals surface area contributed by atoms with Crippen LogP contribution in [-0.2, 0) is 12.8 Å². The van der Waals surface area contributed by atoms with Gasteiger partial charge in [-0.25, -0.2) is 0 Å². The highest BCUT2D eigenvalue weighted by atomic mass is 14.3. The van der Waals surface area contributed by atoms with E-state index in [1.165, 1.54) is 29.5 Å². The quantitative estimate of drug-likeness (QED) is 0.735. The SMILES string of the molecule is CC(C#N)c1ccc2c(c1)CC(C(C)C)C2. The normalized spacial score (nSPS) is 20.6. The molecule has 0 amide bonds. The van der Waals surface area contributed by atoms with E-state index in [0.29, 0.717) is 0 Å². The number of fused-ring (bicyclic) bond motifs is 1. The Kier molecular flexibility index (Phi) is 3.01. The minimum Gasteiger partial charge on any atom is -0.198 e. The summed E-state index contributed by atoms with van der Waals surface area (Å²) in [5.41, 5.74) is 4.14. The first kappa shape index (κ1) is 11.2. The Morgan fingerprint density at radius 2 is 1.88 bits per heavy atom. The van der Waals surface area contributed by atoms with Crippen molar-refractivity contribution in [1.82, 2.24) is 0 Å². The minimum absolute atomic E-state index is 0.0170. The molecular weight excluding hydrogens is 194 g/mol. The summed E-state index contributed by atoms with van der Waals surface area (Å²) >= 11 is 0. The molecule has 0 radical (unpaired) electrons. The minimum atomic E-state index is 0.0170. The lowest BCUT2D eigenvalue weighted by molar-refractivity contribution is 0.404. The summed E-state index contributed by atoms with van der Waals surface area (Å²) < 4.78 is 0. The molecule has 1 aliphatic rings. The number of hydrogen-bond donors (Lipinski definition) is 0. The second-order valence-corrected chi connectivity index (χ2v) is 5.29. The third-order valence-electron chi connectivity index (χ3n) is 3.83. The van der Waals surface area contributed by atoms with Gasteiger partial charge in [-0.1, -0.05) is 32.0 Å². The fourth-order valence-corrected chi connectivity index (χ4v) is 2.49. The number of nitriles is 1. The predicted octanol–water partition coefficient (Wildman–Crippen LogP) is 3.68. The van der Waals surface area contributed by atoms with Gasteiger partial charge in [0.05, 0.1) is 12.0 Å². The van der Waals surface area contributed by atoms with E-state index in [2.05, 4.69) is 38.1 Å². The number of benzene rings is 1. The van der Waals surface area contributed by atoms with Crippen molar-refractivity contribution in [2.24, 2.45) is 11.8 Å². The lowest BCUT2D eigenvalue weighted by Gasteiger charge is -2.12. The molecule has 0 fully saturated rings. The number of rotatable bonds is 2. The van der Waals surface area contributed by atoms with Gasteiger partial charge in [-0.3, -0.25) is 0 Å². The van der Waals surface area contributed by atoms with E-state index in [1.54, 1.807) is 0 Å². The Morgan fingerprint density at radius 3 is 2.50 bits per heavy atom. The Balaban J connectivity index is 2.25. The van der Waals surface area contributed by atoms with Crippen molar-refractivity contribution in [2.45, 2.75) is 39.5 Å².